The predicted molar refractivity (Wildman–Crippen MR) is 60.9 cm³/mol. The van der Waals surface area contributed by atoms with Crippen molar-refractivity contribution in [1.82, 2.24) is 0 Å². The van der Waals surface area contributed by atoms with Crippen LogP contribution in [0.25, 0.3) is 0 Å². The number of nitro groups is 1. The maximum atomic E-state index is 10.6. The van der Waals surface area contributed by atoms with Crippen molar-refractivity contribution in [3.05, 3.63) is 28.3 Å². The molecule has 0 spiro atoms. The second-order valence-electron chi connectivity index (χ2n) is 3.21. The quantitative estimate of drug-likeness (QED) is 0.357. The molecule has 0 aliphatic rings. The van der Waals surface area contributed by atoms with Gasteiger partial charge in [0, 0.05) is 23.5 Å². The van der Waals surface area contributed by atoms with Gasteiger partial charge in [-0.1, -0.05) is 0 Å². The lowest BCUT2D eigenvalue weighted by Crippen LogP contribution is -2.23. The van der Waals surface area contributed by atoms with Crippen LogP contribution in [-0.4, -0.2) is 18.0 Å². The molecule has 1 rings (SSSR count). The number of hydrogen-bond donors (Lipinski definition) is 1. The number of hydrogen-bond acceptors (Lipinski definition) is 6. The Bertz CT molecular complexity index is 498. The Labute approximate surface area is 97.4 Å². The topological polar surface area (TPSA) is 120 Å². The molecule has 1 aromatic carbocycles. The van der Waals surface area contributed by atoms with Crippen molar-refractivity contribution >= 4 is 17.1 Å². The Hall–Kier alpha value is -2.80. The van der Waals surface area contributed by atoms with Crippen molar-refractivity contribution in [2.45, 2.75) is 0 Å². The van der Waals surface area contributed by atoms with Crippen molar-refractivity contribution < 1.29 is 4.92 Å². The minimum Gasteiger partial charge on any atom is -0.398 e. The summed E-state index contributed by atoms with van der Waals surface area (Å²) in [5.41, 5.74) is 5.97. The number of anilines is 2. The van der Waals surface area contributed by atoms with Crippen LogP contribution in [0.15, 0.2) is 18.2 Å². The van der Waals surface area contributed by atoms with Crippen LogP contribution in [0.3, 0.4) is 0 Å². The van der Waals surface area contributed by atoms with Gasteiger partial charge in [0.05, 0.1) is 17.1 Å². The third-order valence-electron chi connectivity index (χ3n) is 2.02. The lowest BCUT2D eigenvalue weighted by Gasteiger charge is -2.18. The number of nitrogens with zero attached hydrogens (tertiary/aromatic N) is 4. The molecular formula is C10H9N5O2. The summed E-state index contributed by atoms with van der Waals surface area (Å²) >= 11 is 0. The molecule has 0 fully saturated rings. The Morgan fingerprint density at radius 1 is 1.29 bits per heavy atom. The normalized spacial score (nSPS) is 9.06. The third-order valence-corrected chi connectivity index (χ3v) is 2.02. The van der Waals surface area contributed by atoms with E-state index in [2.05, 4.69) is 0 Å². The van der Waals surface area contributed by atoms with E-state index < -0.39 is 4.92 Å². The van der Waals surface area contributed by atoms with Crippen LogP contribution in [-0.2, 0) is 0 Å². The summed E-state index contributed by atoms with van der Waals surface area (Å²) in [5, 5.41) is 27.9. The first-order valence-corrected chi connectivity index (χ1v) is 4.62. The zero-order valence-corrected chi connectivity index (χ0v) is 8.83. The standard InChI is InChI=1S/C10H9N5O2/c11-1-3-14(4-2-12)9-5-8(13)6-10(7-9)15(16)17/h5-7H,3-4,13H2. The first-order chi connectivity index (χ1) is 8.08. The van der Waals surface area contributed by atoms with Crippen LogP contribution in [0.1, 0.15) is 0 Å². The monoisotopic (exact) mass is 231 g/mol. The minimum atomic E-state index is -0.573. The molecule has 0 amide bonds. The van der Waals surface area contributed by atoms with Crippen LogP contribution in [0.4, 0.5) is 17.1 Å². The molecule has 0 aromatic heterocycles. The molecule has 0 saturated carbocycles. The molecule has 2 N–H and O–H groups in total. The number of rotatable bonds is 4. The summed E-state index contributed by atoms with van der Waals surface area (Å²) in [6, 6.07) is 7.76. The zero-order chi connectivity index (χ0) is 12.8. The molecule has 0 unspecified atom stereocenters. The highest BCUT2D eigenvalue weighted by atomic mass is 16.6. The van der Waals surface area contributed by atoms with Crippen molar-refractivity contribution in [3.63, 3.8) is 0 Å². The maximum absolute atomic E-state index is 10.6. The van der Waals surface area contributed by atoms with E-state index >= 15 is 0 Å². The third kappa shape index (κ3) is 3.08. The summed E-state index contributed by atoms with van der Waals surface area (Å²) in [6.07, 6.45) is 0. The number of benzene rings is 1. The summed E-state index contributed by atoms with van der Waals surface area (Å²) in [7, 11) is 0. The minimum absolute atomic E-state index is 0.0336. The smallest absolute Gasteiger partial charge is 0.273 e. The molecule has 0 bridgehead atoms. The first kappa shape index (κ1) is 12.3. The Kier molecular flexibility index (Phi) is 3.85. The van der Waals surface area contributed by atoms with Crippen molar-refractivity contribution in [1.29, 1.82) is 10.5 Å². The molecule has 86 valence electrons. The summed E-state index contributed by atoms with van der Waals surface area (Å²) in [4.78, 5) is 11.5. The van der Waals surface area contributed by atoms with Crippen LogP contribution in [0, 0.1) is 32.8 Å². The summed E-state index contributed by atoms with van der Waals surface area (Å²) < 4.78 is 0. The zero-order valence-electron chi connectivity index (χ0n) is 8.83. The van der Waals surface area contributed by atoms with Crippen LogP contribution < -0.4 is 10.6 Å². The largest absolute Gasteiger partial charge is 0.398 e. The lowest BCUT2D eigenvalue weighted by atomic mass is 10.2. The van der Waals surface area contributed by atoms with Gasteiger partial charge in [-0.25, -0.2) is 0 Å². The van der Waals surface area contributed by atoms with Gasteiger partial charge < -0.3 is 10.6 Å². The fourth-order valence-electron chi connectivity index (χ4n) is 1.32. The fraction of sp³-hybridized carbons (Fsp3) is 0.200. The molecule has 0 radical (unpaired) electrons. The average Bonchev–Trinajstić information content (AvgIpc) is 2.28. The maximum Gasteiger partial charge on any atom is 0.273 e. The first-order valence-electron chi connectivity index (χ1n) is 4.62. The van der Waals surface area contributed by atoms with Gasteiger partial charge in [-0.15, -0.1) is 0 Å². The van der Waals surface area contributed by atoms with Crippen molar-refractivity contribution in [3.8, 4) is 12.1 Å². The van der Waals surface area contributed by atoms with Crippen LogP contribution >= 0.6 is 0 Å². The van der Waals surface area contributed by atoms with Gasteiger partial charge in [-0.2, -0.15) is 10.5 Å². The summed E-state index contributed by atoms with van der Waals surface area (Å²) in [6.45, 7) is -0.0671. The van der Waals surface area contributed by atoms with Gasteiger partial charge in [0.15, 0.2) is 0 Å². The highest BCUT2D eigenvalue weighted by Crippen LogP contribution is 2.25. The number of nitrogens with two attached hydrogens (primary N) is 1. The lowest BCUT2D eigenvalue weighted by molar-refractivity contribution is -0.384. The van der Waals surface area contributed by atoms with Crippen LogP contribution in [0.2, 0.25) is 0 Å². The summed E-state index contributed by atoms with van der Waals surface area (Å²) in [5.74, 6) is 0. The van der Waals surface area contributed by atoms with Gasteiger partial charge in [-0.05, 0) is 6.07 Å². The fourth-order valence-corrected chi connectivity index (χ4v) is 1.32. The van der Waals surface area contributed by atoms with Gasteiger partial charge in [-0.3, -0.25) is 10.1 Å². The highest BCUT2D eigenvalue weighted by Gasteiger charge is 2.13. The molecule has 17 heavy (non-hydrogen) atoms. The second-order valence-corrected chi connectivity index (χ2v) is 3.21. The van der Waals surface area contributed by atoms with Gasteiger partial charge in [0.1, 0.15) is 13.1 Å². The van der Waals surface area contributed by atoms with E-state index in [0.29, 0.717) is 5.69 Å². The van der Waals surface area contributed by atoms with Gasteiger partial charge in [0.2, 0.25) is 0 Å². The molecule has 1 aromatic rings. The van der Waals surface area contributed by atoms with E-state index in [1.807, 2.05) is 12.1 Å². The predicted octanol–water partition coefficient (Wildman–Crippen LogP) is 1.03. The number of nitrogen functional groups attached to an aromatic ring is 1. The van der Waals surface area contributed by atoms with Crippen molar-refractivity contribution in [2.24, 2.45) is 0 Å². The molecule has 0 aliphatic heterocycles. The average molecular weight is 231 g/mol. The number of nitro benzene ring substituents is 1. The van der Waals surface area contributed by atoms with Crippen molar-refractivity contribution in [2.75, 3.05) is 23.7 Å². The number of nitriles is 2. The second kappa shape index (κ2) is 5.33. The molecular weight excluding hydrogens is 222 g/mol. The molecule has 0 heterocycles. The molecule has 0 aliphatic carbocycles. The van der Waals surface area contributed by atoms with E-state index in [9.17, 15) is 10.1 Å². The van der Waals surface area contributed by atoms with Gasteiger partial charge >= 0.3 is 0 Å². The molecule has 7 heteroatoms. The Balaban J connectivity index is 3.15. The number of non-ortho nitro benzene ring substituents is 1. The van der Waals surface area contributed by atoms with Crippen LogP contribution in [0.5, 0.6) is 0 Å². The van der Waals surface area contributed by atoms with Gasteiger partial charge in [0.25, 0.3) is 5.69 Å². The van der Waals surface area contributed by atoms with E-state index in [1.54, 1.807) is 0 Å². The Morgan fingerprint density at radius 3 is 2.35 bits per heavy atom. The molecule has 0 atom stereocenters. The highest BCUT2D eigenvalue weighted by molar-refractivity contribution is 5.63. The molecule has 7 nitrogen and oxygen atoms in total. The molecule has 0 saturated heterocycles. The SMILES string of the molecule is N#CCN(CC#N)c1cc(N)cc([N+](=O)[O-])c1. The van der Waals surface area contributed by atoms with E-state index in [-0.39, 0.29) is 24.5 Å². The van der Waals surface area contributed by atoms with E-state index in [0.717, 1.165) is 0 Å². The van der Waals surface area contributed by atoms with E-state index in [4.69, 9.17) is 16.3 Å². The van der Waals surface area contributed by atoms with E-state index in [1.165, 1.54) is 23.1 Å². The Morgan fingerprint density at radius 2 is 1.88 bits per heavy atom.